The predicted octanol–water partition coefficient (Wildman–Crippen LogP) is 5.97. The van der Waals surface area contributed by atoms with Crippen molar-refractivity contribution in [1.82, 2.24) is 14.9 Å². The van der Waals surface area contributed by atoms with Gasteiger partial charge >= 0.3 is 0 Å². The summed E-state index contributed by atoms with van der Waals surface area (Å²) in [6.07, 6.45) is 4.23. The number of rotatable bonds is 11. The molecule has 3 aromatic carbocycles. The normalized spacial score (nSPS) is 10.9. The second-order valence-corrected chi connectivity index (χ2v) is 8.90. The summed E-state index contributed by atoms with van der Waals surface area (Å²) in [5.41, 5.74) is 3.86. The molecule has 0 saturated carbocycles. The molecule has 0 spiro atoms. The molecule has 4 rings (SSSR count). The van der Waals surface area contributed by atoms with Crippen LogP contribution < -0.4 is 10.1 Å². The molecule has 6 heteroatoms. The minimum atomic E-state index is -0.0624. The van der Waals surface area contributed by atoms with Crippen LogP contribution in [0.3, 0.4) is 0 Å². The van der Waals surface area contributed by atoms with Crippen molar-refractivity contribution in [3.8, 4) is 5.75 Å². The molecular formula is C28H28BrN3O2. The van der Waals surface area contributed by atoms with Crippen molar-refractivity contribution in [1.29, 1.82) is 0 Å². The van der Waals surface area contributed by atoms with Gasteiger partial charge in [-0.3, -0.25) is 4.79 Å². The number of hydrogen-bond acceptors (Lipinski definition) is 3. The molecular weight excluding hydrogens is 490 g/mol. The van der Waals surface area contributed by atoms with E-state index in [0.29, 0.717) is 25.3 Å². The van der Waals surface area contributed by atoms with Crippen LogP contribution in [0.4, 0.5) is 0 Å². The number of carbonyl (C=O) groups excluding carboxylic acids is 1. The third-order valence-electron chi connectivity index (χ3n) is 5.61. The summed E-state index contributed by atoms with van der Waals surface area (Å²) in [4.78, 5) is 17.2. The number of fused-ring (bicyclic) bond motifs is 1. The first-order valence-corrected chi connectivity index (χ1v) is 12.2. The van der Waals surface area contributed by atoms with Gasteiger partial charge in [0.05, 0.1) is 17.6 Å². The summed E-state index contributed by atoms with van der Waals surface area (Å²) in [6, 6.07) is 23.6. The number of allylic oxidation sites excluding steroid dienone is 1. The average Bonchev–Trinajstić information content (AvgIpc) is 3.21. The maximum Gasteiger partial charge on any atom is 0.251 e. The lowest BCUT2D eigenvalue weighted by molar-refractivity contribution is 0.0953. The lowest BCUT2D eigenvalue weighted by Gasteiger charge is -2.13. The number of aryl methyl sites for hydroxylation is 1. The number of carbonyl (C=O) groups is 1. The lowest BCUT2D eigenvalue weighted by Crippen LogP contribution is -2.25. The van der Waals surface area contributed by atoms with E-state index < -0.39 is 0 Å². The molecule has 0 aliphatic rings. The summed E-state index contributed by atoms with van der Waals surface area (Å²) in [7, 11) is 0. The van der Waals surface area contributed by atoms with Crippen molar-refractivity contribution in [3.63, 3.8) is 0 Å². The summed E-state index contributed by atoms with van der Waals surface area (Å²) in [5, 5.41) is 3.00. The van der Waals surface area contributed by atoms with Gasteiger partial charge in [-0.15, -0.1) is 6.58 Å². The van der Waals surface area contributed by atoms with Crippen LogP contribution in [0.25, 0.3) is 11.0 Å². The number of nitrogens with one attached hydrogen (secondary N) is 1. The molecule has 0 aliphatic heterocycles. The second-order valence-electron chi connectivity index (χ2n) is 7.98. The molecule has 1 amide bonds. The fraction of sp³-hybridized carbons (Fsp3) is 0.214. The number of nitrogens with zero attached hydrogens (tertiary/aromatic N) is 2. The van der Waals surface area contributed by atoms with Gasteiger partial charge in [0.1, 0.15) is 18.2 Å². The monoisotopic (exact) mass is 517 g/mol. The Kier molecular flexibility index (Phi) is 8.15. The Bertz CT molecular complexity index is 1260. The van der Waals surface area contributed by atoms with Crippen molar-refractivity contribution >= 4 is 32.9 Å². The van der Waals surface area contributed by atoms with Gasteiger partial charge in [0.15, 0.2) is 0 Å². The molecule has 5 nitrogen and oxygen atoms in total. The number of halogens is 1. The standard InChI is InChI=1S/C28H28BrN3O2/c1-2-8-21-9-3-6-12-26(21)34-20-19-32-25-11-5-4-10-24(25)31-27(32)13-7-18-30-28(33)22-14-16-23(29)17-15-22/h2-6,9-12,14-17H,1,7-8,13,18-20H2,(H,30,33). The summed E-state index contributed by atoms with van der Waals surface area (Å²) in [6.45, 7) is 5.66. The number of benzene rings is 3. The van der Waals surface area contributed by atoms with E-state index in [1.54, 1.807) is 0 Å². The van der Waals surface area contributed by atoms with E-state index in [9.17, 15) is 4.79 Å². The quantitative estimate of drug-likeness (QED) is 0.197. The van der Waals surface area contributed by atoms with Crippen molar-refractivity contribution in [2.45, 2.75) is 25.8 Å². The van der Waals surface area contributed by atoms with E-state index in [2.05, 4.69) is 44.5 Å². The van der Waals surface area contributed by atoms with Gasteiger partial charge in [-0.25, -0.2) is 4.98 Å². The van der Waals surface area contributed by atoms with Gasteiger partial charge in [-0.05, 0) is 60.9 Å². The second kappa shape index (κ2) is 11.7. The minimum Gasteiger partial charge on any atom is -0.491 e. The third-order valence-corrected chi connectivity index (χ3v) is 6.14. The van der Waals surface area contributed by atoms with Crippen LogP contribution in [-0.2, 0) is 19.4 Å². The third kappa shape index (κ3) is 5.94. The predicted molar refractivity (Wildman–Crippen MR) is 140 cm³/mol. The molecule has 1 N–H and O–H groups in total. The maximum absolute atomic E-state index is 12.4. The Labute approximate surface area is 208 Å². The highest BCUT2D eigenvalue weighted by Gasteiger charge is 2.12. The van der Waals surface area contributed by atoms with Crippen LogP contribution in [0.2, 0.25) is 0 Å². The zero-order valence-corrected chi connectivity index (χ0v) is 20.6. The first-order valence-electron chi connectivity index (χ1n) is 11.4. The van der Waals surface area contributed by atoms with Crippen molar-refractivity contribution in [2.24, 2.45) is 0 Å². The molecule has 0 aliphatic carbocycles. The number of ether oxygens (including phenoxy) is 1. The number of para-hydroxylation sites is 3. The van der Waals surface area contributed by atoms with Crippen LogP contribution in [0.15, 0.2) is 89.9 Å². The topological polar surface area (TPSA) is 56.1 Å². The number of amides is 1. The Hall–Kier alpha value is -3.38. The number of aromatic nitrogens is 2. The molecule has 0 bridgehead atoms. The molecule has 174 valence electrons. The summed E-state index contributed by atoms with van der Waals surface area (Å²) >= 11 is 3.39. The summed E-state index contributed by atoms with van der Waals surface area (Å²) < 4.78 is 9.30. The Balaban J connectivity index is 1.37. The van der Waals surface area contributed by atoms with Gasteiger partial charge < -0.3 is 14.6 Å². The number of imidazole rings is 1. The maximum atomic E-state index is 12.4. The highest BCUT2D eigenvalue weighted by Crippen LogP contribution is 2.20. The van der Waals surface area contributed by atoms with Gasteiger partial charge in [0.2, 0.25) is 0 Å². The first-order chi connectivity index (χ1) is 16.7. The van der Waals surface area contributed by atoms with E-state index in [4.69, 9.17) is 9.72 Å². The highest BCUT2D eigenvalue weighted by atomic mass is 79.9. The molecule has 0 saturated heterocycles. The first kappa shape index (κ1) is 23.8. The number of hydrogen-bond donors (Lipinski definition) is 1. The highest BCUT2D eigenvalue weighted by molar-refractivity contribution is 9.10. The lowest BCUT2D eigenvalue weighted by atomic mass is 10.1. The molecule has 1 aromatic heterocycles. The van der Waals surface area contributed by atoms with Gasteiger partial charge in [0, 0.05) is 23.0 Å². The van der Waals surface area contributed by atoms with E-state index in [0.717, 1.165) is 51.9 Å². The van der Waals surface area contributed by atoms with Gasteiger partial charge in [-0.1, -0.05) is 52.3 Å². The van der Waals surface area contributed by atoms with Crippen LogP contribution >= 0.6 is 15.9 Å². The molecule has 0 unspecified atom stereocenters. The zero-order chi connectivity index (χ0) is 23.8. The zero-order valence-electron chi connectivity index (χ0n) is 19.0. The molecule has 1 heterocycles. The smallest absolute Gasteiger partial charge is 0.251 e. The van der Waals surface area contributed by atoms with Gasteiger partial charge in [-0.2, -0.15) is 0 Å². The SMILES string of the molecule is C=CCc1ccccc1OCCn1c(CCCNC(=O)c2ccc(Br)cc2)nc2ccccc21. The van der Waals surface area contributed by atoms with E-state index in [1.807, 2.05) is 66.7 Å². The fourth-order valence-electron chi connectivity index (χ4n) is 3.93. The largest absolute Gasteiger partial charge is 0.491 e. The molecule has 34 heavy (non-hydrogen) atoms. The molecule has 0 radical (unpaired) electrons. The molecule has 0 fully saturated rings. The average molecular weight is 518 g/mol. The Morgan fingerprint density at radius 2 is 1.82 bits per heavy atom. The van der Waals surface area contributed by atoms with E-state index in [-0.39, 0.29) is 5.91 Å². The van der Waals surface area contributed by atoms with E-state index >= 15 is 0 Å². The Morgan fingerprint density at radius 3 is 2.65 bits per heavy atom. The van der Waals surface area contributed by atoms with Gasteiger partial charge in [0.25, 0.3) is 5.91 Å². The van der Waals surface area contributed by atoms with E-state index in [1.165, 1.54) is 0 Å². The molecule has 4 aromatic rings. The van der Waals surface area contributed by atoms with Crippen LogP contribution in [0, 0.1) is 0 Å². The fourth-order valence-corrected chi connectivity index (χ4v) is 4.20. The van der Waals surface area contributed by atoms with Crippen molar-refractivity contribution < 1.29 is 9.53 Å². The molecule has 0 atom stereocenters. The Morgan fingerprint density at radius 1 is 1.06 bits per heavy atom. The van der Waals surface area contributed by atoms with Crippen LogP contribution in [-0.4, -0.2) is 28.6 Å². The summed E-state index contributed by atoms with van der Waals surface area (Å²) in [5.74, 6) is 1.83. The van der Waals surface area contributed by atoms with Crippen LogP contribution in [0.5, 0.6) is 5.75 Å². The minimum absolute atomic E-state index is 0.0624. The van der Waals surface area contributed by atoms with Crippen molar-refractivity contribution in [2.75, 3.05) is 13.2 Å². The van der Waals surface area contributed by atoms with Crippen LogP contribution in [0.1, 0.15) is 28.2 Å². The van der Waals surface area contributed by atoms with Crippen molar-refractivity contribution in [3.05, 3.63) is 107 Å².